The summed E-state index contributed by atoms with van der Waals surface area (Å²) in [4.78, 5) is 2.53. The summed E-state index contributed by atoms with van der Waals surface area (Å²) in [7, 11) is -0.536. The van der Waals surface area contributed by atoms with Crippen LogP contribution in [0.4, 0.5) is 0 Å². The molecule has 0 amide bonds. The average Bonchev–Trinajstić information content (AvgIpc) is 2.73. The van der Waals surface area contributed by atoms with Crippen LogP contribution < -0.4 is 9.47 Å². The van der Waals surface area contributed by atoms with Crippen molar-refractivity contribution in [1.82, 2.24) is 9.21 Å². The van der Waals surface area contributed by atoms with Gasteiger partial charge in [-0.1, -0.05) is 45.0 Å². The van der Waals surface area contributed by atoms with Crippen molar-refractivity contribution in [3.63, 3.8) is 0 Å². The van der Waals surface area contributed by atoms with Gasteiger partial charge in [-0.05, 0) is 28.7 Å². The largest absolute Gasteiger partial charge is 0.493 e. The maximum absolute atomic E-state index is 13.1. The standard InChI is InChI=1S/C23H32N2O4S/c1-23(2,3)19-8-6-18(7-9-19)17-24-12-14-25(15-13-24)30(26,27)20-10-11-21(28-4)22(16-20)29-5/h6-11,16H,12-15,17H2,1-5H3. The van der Waals surface area contributed by atoms with Crippen molar-refractivity contribution in [1.29, 1.82) is 0 Å². The molecular formula is C23H32N2O4S. The summed E-state index contributed by atoms with van der Waals surface area (Å²) >= 11 is 0. The van der Waals surface area contributed by atoms with Gasteiger partial charge in [-0.25, -0.2) is 8.42 Å². The summed E-state index contributed by atoms with van der Waals surface area (Å²) in [5.41, 5.74) is 2.71. The zero-order chi connectivity index (χ0) is 21.9. The molecule has 0 aliphatic carbocycles. The summed E-state index contributed by atoms with van der Waals surface area (Å²) in [6.45, 7) is 9.80. The maximum atomic E-state index is 13.1. The van der Waals surface area contributed by atoms with Crippen LogP contribution in [-0.4, -0.2) is 58.0 Å². The maximum Gasteiger partial charge on any atom is 0.243 e. The molecule has 1 saturated heterocycles. The van der Waals surface area contributed by atoms with Crippen LogP contribution in [0, 0.1) is 0 Å². The number of hydrogen-bond acceptors (Lipinski definition) is 5. The van der Waals surface area contributed by atoms with Gasteiger partial charge in [-0.15, -0.1) is 0 Å². The molecule has 1 aliphatic rings. The molecule has 1 heterocycles. The molecule has 3 rings (SSSR count). The Bertz CT molecular complexity index is 958. The van der Waals surface area contributed by atoms with Crippen molar-refractivity contribution in [3.05, 3.63) is 53.6 Å². The molecule has 2 aromatic rings. The summed E-state index contributed by atoms with van der Waals surface area (Å²) in [6.07, 6.45) is 0. The first-order valence-electron chi connectivity index (χ1n) is 10.2. The summed E-state index contributed by atoms with van der Waals surface area (Å²) < 4.78 is 38.1. The van der Waals surface area contributed by atoms with Gasteiger partial charge in [0.2, 0.25) is 10.0 Å². The van der Waals surface area contributed by atoms with Crippen molar-refractivity contribution in [3.8, 4) is 11.5 Å². The fraction of sp³-hybridized carbons (Fsp3) is 0.478. The Morgan fingerprint density at radius 1 is 0.867 bits per heavy atom. The molecule has 30 heavy (non-hydrogen) atoms. The minimum Gasteiger partial charge on any atom is -0.493 e. The molecule has 0 N–H and O–H groups in total. The second kappa shape index (κ2) is 8.96. The van der Waals surface area contributed by atoms with Crippen LogP contribution in [0.1, 0.15) is 31.9 Å². The first-order chi connectivity index (χ1) is 14.1. The Morgan fingerprint density at radius 3 is 2.00 bits per heavy atom. The van der Waals surface area contributed by atoms with Crippen molar-refractivity contribution in [2.24, 2.45) is 0 Å². The molecule has 164 valence electrons. The van der Waals surface area contributed by atoms with Crippen LogP contribution in [0.5, 0.6) is 11.5 Å². The van der Waals surface area contributed by atoms with Gasteiger partial charge in [0.15, 0.2) is 11.5 Å². The molecule has 0 radical (unpaired) electrons. The van der Waals surface area contributed by atoms with Gasteiger partial charge < -0.3 is 9.47 Å². The van der Waals surface area contributed by atoms with E-state index >= 15 is 0 Å². The monoisotopic (exact) mass is 432 g/mol. The fourth-order valence-corrected chi connectivity index (χ4v) is 5.06. The van der Waals surface area contributed by atoms with E-state index in [4.69, 9.17) is 9.47 Å². The van der Waals surface area contributed by atoms with E-state index in [0.29, 0.717) is 37.7 Å². The van der Waals surface area contributed by atoms with Crippen molar-refractivity contribution in [2.45, 2.75) is 37.6 Å². The number of ether oxygens (including phenoxy) is 2. The Hall–Kier alpha value is -2.09. The number of hydrogen-bond donors (Lipinski definition) is 0. The van der Waals surface area contributed by atoms with Crippen LogP contribution in [0.3, 0.4) is 0 Å². The molecular weight excluding hydrogens is 400 g/mol. The smallest absolute Gasteiger partial charge is 0.243 e. The lowest BCUT2D eigenvalue weighted by Gasteiger charge is -2.34. The zero-order valence-corrected chi connectivity index (χ0v) is 19.3. The van der Waals surface area contributed by atoms with E-state index in [1.165, 1.54) is 31.4 Å². The summed E-state index contributed by atoms with van der Waals surface area (Å²) in [5, 5.41) is 0. The highest BCUT2D eigenvalue weighted by Gasteiger charge is 2.29. The molecule has 0 atom stereocenters. The average molecular weight is 433 g/mol. The van der Waals surface area contributed by atoms with Crippen molar-refractivity contribution < 1.29 is 17.9 Å². The molecule has 0 aromatic heterocycles. The first-order valence-corrected chi connectivity index (χ1v) is 11.6. The van der Waals surface area contributed by atoms with Gasteiger partial charge >= 0.3 is 0 Å². The molecule has 0 spiro atoms. The van der Waals surface area contributed by atoms with Gasteiger partial charge in [-0.3, -0.25) is 4.90 Å². The highest BCUT2D eigenvalue weighted by molar-refractivity contribution is 7.89. The van der Waals surface area contributed by atoms with Crippen LogP contribution in [0.15, 0.2) is 47.4 Å². The third-order valence-electron chi connectivity index (χ3n) is 5.55. The van der Waals surface area contributed by atoms with E-state index in [1.807, 2.05) is 0 Å². The van der Waals surface area contributed by atoms with Crippen LogP contribution in [-0.2, 0) is 22.0 Å². The highest BCUT2D eigenvalue weighted by atomic mass is 32.2. The van der Waals surface area contributed by atoms with E-state index in [2.05, 4.69) is 49.9 Å². The second-order valence-corrected chi connectivity index (χ2v) is 10.6. The normalized spacial score (nSPS) is 16.4. The van der Waals surface area contributed by atoms with Gasteiger partial charge in [0.25, 0.3) is 0 Å². The van der Waals surface area contributed by atoms with Gasteiger partial charge in [0, 0.05) is 38.8 Å². The van der Waals surface area contributed by atoms with Crippen LogP contribution in [0.2, 0.25) is 0 Å². The van der Waals surface area contributed by atoms with E-state index in [1.54, 1.807) is 16.4 Å². The Balaban J connectivity index is 1.63. The molecule has 0 saturated carbocycles. The summed E-state index contributed by atoms with van der Waals surface area (Å²) in [6, 6.07) is 13.4. The Labute approximate surface area is 180 Å². The number of methoxy groups -OCH3 is 2. The lowest BCUT2D eigenvalue weighted by atomic mass is 9.87. The minimum atomic E-state index is -3.57. The zero-order valence-electron chi connectivity index (χ0n) is 18.5. The fourth-order valence-electron chi connectivity index (χ4n) is 3.62. The molecule has 1 fully saturated rings. The molecule has 0 unspecified atom stereocenters. The lowest BCUT2D eigenvalue weighted by molar-refractivity contribution is 0.181. The SMILES string of the molecule is COc1ccc(S(=O)(=O)N2CCN(Cc3ccc(C(C)(C)C)cc3)CC2)cc1OC. The minimum absolute atomic E-state index is 0.142. The number of rotatable bonds is 6. The van der Waals surface area contributed by atoms with Crippen LogP contribution >= 0.6 is 0 Å². The number of nitrogens with zero attached hydrogens (tertiary/aromatic N) is 2. The lowest BCUT2D eigenvalue weighted by Crippen LogP contribution is -2.48. The number of piperazine rings is 1. The molecule has 1 aliphatic heterocycles. The second-order valence-electron chi connectivity index (χ2n) is 8.64. The van der Waals surface area contributed by atoms with E-state index < -0.39 is 10.0 Å². The predicted octanol–water partition coefficient (Wildman–Crippen LogP) is 3.51. The first kappa shape index (κ1) is 22.6. The molecule has 6 nitrogen and oxygen atoms in total. The molecule has 7 heteroatoms. The third-order valence-corrected chi connectivity index (χ3v) is 7.44. The van der Waals surface area contributed by atoms with E-state index in [-0.39, 0.29) is 10.3 Å². The number of benzene rings is 2. The molecule has 2 aromatic carbocycles. The quantitative estimate of drug-likeness (QED) is 0.699. The Kier molecular flexibility index (Phi) is 6.75. The van der Waals surface area contributed by atoms with E-state index in [9.17, 15) is 8.42 Å². The molecule has 0 bridgehead atoms. The van der Waals surface area contributed by atoms with Gasteiger partial charge in [0.1, 0.15) is 0 Å². The Morgan fingerprint density at radius 2 is 1.47 bits per heavy atom. The third kappa shape index (κ3) is 4.96. The van der Waals surface area contributed by atoms with Crippen LogP contribution in [0.25, 0.3) is 0 Å². The van der Waals surface area contributed by atoms with Crippen molar-refractivity contribution >= 4 is 10.0 Å². The van der Waals surface area contributed by atoms with Gasteiger partial charge in [-0.2, -0.15) is 4.31 Å². The van der Waals surface area contributed by atoms with Crippen molar-refractivity contribution in [2.75, 3.05) is 40.4 Å². The summed E-state index contributed by atoms with van der Waals surface area (Å²) in [5.74, 6) is 0.926. The topological polar surface area (TPSA) is 59.1 Å². The predicted molar refractivity (Wildman–Crippen MR) is 119 cm³/mol. The number of sulfonamides is 1. The van der Waals surface area contributed by atoms with Gasteiger partial charge in [0.05, 0.1) is 19.1 Å². The van der Waals surface area contributed by atoms with E-state index in [0.717, 1.165) is 6.54 Å². The highest BCUT2D eigenvalue weighted by Crippen LogP contribution is 2.31.